The highest BCUT2D eigenvalue weighted by atomic mass is 79.9. The van der Waals surface area contributed by atoms with Crippen LogP contribution in [-0.4, -0.2) is 0 Å². The van der Waals surface area contributed by atoms with E-state index in [1.807, 2.05) is 30.3 Å². The molecule has 0 saturated carbocycles. The first-order chi connectivity index (χ1) is 7.31. The number of hydrogen-bond acceptors (Lipinski definition) is 2. The molecule has 0 aliphatic carbocycles. The first kappa shape index (κ1) is 13.0. The van der Waals surface area contributed by atoms with Crippen LogP contribution in [0.15, 0.2) is 53.0 Å². The SMILES string of the molecule is Cl.NNc1cc(-c2ccccc2)ccc1Br. The van der Waals surface area contributed by atoms with E-state index in [1.165, 1.54) is 5.56 Å². The Balaban J connectivity index is 0.00000128. The lowest BCUT2D eigenvalue weighted by Crippen LogP contribution is -2.07. The van der Waals surface area contributed by atoms with Crippen LogP contribution in [0.2, 0.25) is 0 Å². The lowest BCUT2D eigenvalue weighted by molar-refractivity contribution is 1.34. The number of nitrogen functional groups attached to an aromatic ring is 1. The maximum Gasteiger partial charge on any atom is 0.0633 e. The summed E-state index contributed by atoms with van der Waals surface area (Å²) >= 11 is 3.42. The van der Waals surface area contributed by atoms with Crippen LogP contribution in [0, 0.1) is 0 Å². The minimum atomic E-state index is 0. The Morgan fingerprint density at radius 2 is 1.62 bits per heavy atom. The third-order valence-electron chi connectivity index (χ3n) is 2.23. The van der Waals surface area contributed by atoms with E-state index in [2.05, 4.69) is 39.6 Å². The Hall–Kier alpha value is -1.03. The predicted octanol–water partition coefficient (Wildman–Crippen LogP) is 3.82. The van der Waals surface area contributed by atoms with Gasteiger partial charge < -0.3 is 5.43 Å². The fourth-order valence-electron chi connectivity index (χ4n) is 1.45. The summed E-state index contributed by atoms with van der Waals surface area (Å²) in [5.74, 6) is 5.42. The standard InChI is InChI=1S/C12H11BrN2.ClH/c13-11-7-6-10(8-12(11)15-14)9-4-2-1-3-5-9;/h1-8,15H,14H2;1H. The van der Waals surface area contributed by atoms with Gasteiger partial charge in [0, 0.05) is 4.47 Å². The number of benzene rings is 2. The Morgan fingerprint density at radius 1 is 0.938 bits per heavy atom. The van der Waals surface area contributed by atoms with E-state index in [9.17, 15) is 0 Å². The number of rotatable bonds is 2. The average molecular weight is 300 g/mol. The topological polar surface area (TPSA) is 38.0 Å². The van der Waals surface area contributed by atoms with Crippen molar-refractivity contribution in [3.63, 3.8) is 0 Å². The van der Waals surface area contributed by atoms with Gasteiger partial charge in [-0.25, -0.2) is 0 Å². The van der Waals surface area contributed by atoms with Crippen molar-refractivity contribution < 1.29 is 0 Å². The molecule has 0 unspecified atom stereocenters. The molecule has 0 bridgehead atoms. The number of hydrazine groups is 1. The van der Waals surface area contributed by atoms with Crippen molar-refractivity contribution in [2.24, 2.45) is 5.84 Å². The molecule has 0 heterocycles. The molecule has 84 valence electrons. The minimum Gasteiger partial charge on any atom is -0.323 e. The van der Waals surface area contributed by atoms with E-state index in [0.717, 1.165) is 15.7 Å². The molecular weight excluding hydrogens is 288 g/mol. The van der Waals surface area contributed by atoms with Crippen LogP contribution < -0.4 is 11.3 Å². The highest BCUT2D eigenvalue weighted by molar-refractivity contribution is 9.10. The molecule has 0 aliphatic heterocycles. The number of halogens is 2. The third-order valence-corrected chi connectivity index (χ3v) is 2.92. The van der Waals surface area contributed by atoms with Crippen LogP contribution in [-0.2, 0) is 0 Å². The summed E-state index contributed by atoms with van der Waals surface area (Å²) in [5.41, 5.74) is 5.87. The molecule has 4 heteroatoms. The summed E-state index contributed by atoms with van der Waals surface area (Å²) in [5, 5.41) is 0. The van der Waals surface area contributed by atoms with Gasteiger partial charge in [0.05, 0.1) is 5.69 Å². The van der Waals surface area contributed by atoms with Crippen molar-refractivity contribution in [3.8, 4) is 11.1 Å². The summed E-state index contributed by atoms with van der Waals surface area (Å²) in [6.07, 6.45) is 0. The molecule has 0 aliphatic rings. The predicted molar refractivity (Wildman–Crippen MR) is 74.6 cm³/mol. The highest BCUT2D eigenvalue weighted by Gasteiger charge is 2.01. The molecule has 2 aromatic carbocycles. The first-order valence-electron chi connectivity index (χ1n) is 4.63. The Bertz CT molecular complexity index is 460. The van der Waals surface area contributed by atoms with Crippen LogP contribution in [0.25, 0.3) is 11.1 Å². The smallest absolute Gasteiger partial charge is 0.0633 e. The monoisotopic (exact) mass is 298 g/mol. The van der Waals surface area contributed by atoms with Gasteiger partial charge in [-0.1, -0.05) is 36.4 Å². The van der Waals surface area contributed by atoms with Crippen LogP contribution in [0.3, 0.4) is 0 Å². The van der Waals surface area contributed by atoms with Crippen molar-refractivity contribution in [2.75, 3.05) is 5.43 Å². The van der Waals surface area contributed by atoms with Gasteiger partial charge in [0.2, 0.25) is 0 Å². The number of nitrogens with one attached hydrogen (secondary N) is 1. The van der Waals surface area contributed by atoms with Gasteiger partial charge in [0.25, 0.3) is 0 Å². The van der Waals surface area contributed by atoms with Gasteiger partial charge in [-0.3, -0.25) is 5.84 Å². The van der Waals surface area contributed by atoms with E-state index >= 15 is 0 Å². The molecule has 0 spiro atoms. The number of nitrogens with two attached hydrogens (primary N) is 1. The summed E-state index contributed by atoms with van der Waals surface area (Å²) in [4.78, 5) is 0. The Kier molecular flexibility index (Phi) is 4.80. The third kappa shape index (κ3) is 2.76. The van der Waals surface area contributed by atoms with Gasteiger partial charge in [0.1, 0.15) is 0 Å². The van der Waals surface area contributed by atoms with E-state index in [-0.39, 0.29) is 12.4 Å². The molecule has 0 atom stereocenters. The van der Waals surface area contributed by atoms with E-state index in [1.54, 1.807) is 0 Å². The van der Waals surface area contributed by atoms with Gasteiger partial charge in [-0.2, -0.15) is 0 Å². The Labute approximate surface area is 109 Å². The second-order valence-corrected chi connectivity index (χ2v) is 4.06. The summed E-state index contributed by atoms with van der Waals surface area (Å²) in [7, 11) is 0. The normalized spacial score (nSPS) is 9.38. The molecule has 0 fully saturated rings. The molecule has 3 N–H and O–H groups in total. The molecule has 16 heavy (non-hydrogen) atoms. The van der Waals surface area contributed by atoms with Gasteiger partial charge in [-0.15, -0.1) is 12.4 Å². The molecular formula is C12H12BrClN2. The number of hydrogen-bond donors (Lipinski definition) is 2. The molecule has 0 aromatic heterocycles. The quantitative estimate of drug-likeness (QED) is 0.653. The van der Waals surface area contributed by atoms with Crippen molar-refractivity contribution in [3.05, 3.63) is 53.0 Å². The summed E-state index contributed by atoms with van der Waals surface area (Å²) in [6, 6.07) is 16.2. The zero-order chi connectivity index (χ0) is 10.7. The van der Waals surface area contributed by atoms with Crippen molar-refractivity contribution in [1.29, 1.82) is 0 Å². The summed E-state index contributed by atoms with van der Waals surface area (Å²) < 4.78 is 0.963. The van der Waals surface area contributed by atoms with Crippen LogP contribution >= 0.6 is 28.3 Å². The van der Waals surface area contributed by atoms with Crippen LogP contribution in [0.5, 0.6) is 0 Å². The molecule has 2 rings (SSSR count). The van der Waals surface area contributed by atoms with E-state index < -0.39 is 0 Å². The van der Waals surface area contributed by atoms with Gasteiger partial charge >= 0.3 is 0 Å². The molecule has 0 amide bonds. The van der Waals surface area contributed by atoms with Crippen molar-refractivity contribution in [1.82, 2.24) is 0 Å². The van der Waals surface area contributed by atoms with E-state index in [0.29, 0.717) is 0 Å². The van der Waals surface area contributed by atoms with Crippen LogP contribution in [0.1, 0.15) is 0 Å². The van der Waals surface area contributed by atoms with Gasteiger partial charge in [0.15, 0.2) is 0 Å². The summed E-state index contributed by atoms with van der Waals surface area (Å²) in [6.45, 7) is 0. The number of anilines is 1. The fourth-order valence-corrected chi connectivity index (χ4v) is 1.81. The highest BCUT2D eigenvalue weighted by Crippen LogP contribution is 2.28. The maximum atomic E-state index is 5.42. The second-order valence-electron chi connectivity index (χ2n) is 3.20. The first-order valence-corrected chi connectivity index (χ1v) is 5.42. The van der Waals surface area contributed by atoms with Crippen molar-refractivity contribution >= 4 is 34.0 Å². The van der Waals surface area contributed by atoms with Crippen LogP contribution in [0.4, 0.5) is 5.69 Å². The van der Waals surface area contributed by atoms with Crippen molar-refractivity contribution in [2.45, 2.75) is 0 Å². The lowest BCUT2D eigenvalue weighted by atomic mass is 10.1. The second kappa shape index (κ2) is 5.89. The zero-order valence-corrected chi connectivity index (χ0v) is 10.9. The van der Waals surface area contributed by atoms with E-state index in [4.69, 9.17) is 5.84 Å². The Morgan fingerprint density at radius 3 is 2.25 bits per heavy atom. The maximum absolute atomic E-state index is 5.42. The molecule has 2 aromatic rings. The average Bonchev–Trinajstić information content (AvgIpc) is 2.31. The molecule has 0 radical (unpaired) electrons. The fraction of sp³-hybridized carbons (Fsp3) is 0. The minimum absolute atomic E-state index is 0. The zero-order valence-electron chi connectivity index (χ0n) is 8.48. The molecule has 2 nitrogen and oxygen atoms in total. The lowest BCUT2D eigenvalue weighted by Gasteiger charge is -2.07. The van der Waals surface area contributed by atoms with Gasteiger partial charge in [-0.05, 0) is 39.2 Å². The largest absolute Gasteiger partial charge is 0.323 e. The molecule has 0 saturated heterocycles.